The maximum atomic E-state index is 11.4. The molecule has 2 N–H and O–H groups in total. The molecule has 2 rings (SSSR count). The quantitative estimate of drug-likeness (QED) is 0.726. The Hall–Kier alpha value is -1.84. The zero-order valence-electron chi connectivity index (χ0n) is 8.93. The van der Waals surface area contributed by atoms with Crippen LogP contribution in [-0.4, -0.2) is 23.5 Å². The molecule has 1 heterocycles. The van der Waals surface area contributed by atoms with E-state index in [4.69, 9.17) is 5.11 Å². The topological polar surface area (TPSA) is 66.4 Å². The smallest absolute Gasteiger partial charge is 0.316 e. The van der Waals surface area contributed by atoms with Crippen molar-refractivity contribution in [2.24, 2.45) is 5.92 Å². The van der Waals surface area contributed by atoms with Gasteiger partial charge >= 0.3 is 5.97 Å². The molecule has 1 aromatic carbocycles. The van der Waals surface area contributed by atoms with E-state index >= 15 is 0 Å². The molecule has 1 saturated heterocycles. The molecule has 0 aliphatic carbocycles. The van der Waals surface area contributed by atoms with Gasteiger partial charge in [0.15, 0.2) is 0 Å². The van der Waals surface area contributed by atoms with Crippen LogP contribution in [0.3, 0.4) is 0 Å². The van der Waals surface area contributed by atoms with Gasteiger partial charge in [0.25, 0.3) is 0 Å². The van der Waals surface area contributed by atoms with Crippen molar-refractivity contribution in [3.05, 3.63) is 35.4 Å². The van der Waals surface area contributed by atoms with E-state index in [0.29, 0.717) is 6.54 Å². The Balaban J connectivity index is 2.38. The Kier molecular flexibility index (Phi) is 2.64. The number of benzene rings is 1. The lowest BCUT2D eigenvalue weighted by molar-refractivity contribution is -0.145. The number of carboxylic acid groups (broad SMARTS) is 1. The molecule has 4 heteroatoms. The van der Waals surface area contributed by atoms with E-state index in [2.05, 4.69) is 5.32 Å². The molecule has 2 atom stereocenters. The van der Waals surface area contributed by atoms with Crippen LogP contribution in [0.25, 0.3) is 0 Å². The third-order valence-corrected chi connectivity index (χ3v) is 3.04. The standard InChI is InChI=1S/C12H13NO3/c1-7-4-2-3-5-8(7)9-6-13-11(14)10(9)12(15)16/h2-5,9-10H,6H2,1H3,(H,13,14)(H,15,16)/t9-,10-/m0/s1. The van der Waals surface area contributed by atoms with Gasteiger partial charge in [-0.2, -0.15) is 0 Å². The first-order valence-electron chi connectivity index (χ1n) is 5.17. The molecule has 0 bridgehead atoms. The van der Waals surface area contributed by atoms with Crippen molar-refractivity contribution in [3.8, 4) is 0 Å². The summed E-state index contributed by atoms with van der Waals surface area (Å²) in [4.78, 5) is 22.5. The van der Waals surface area contributed by atoms with E-state index in [-0.39, 0.29) is 11.8 Å². The molecule has 1 aromatic rings. The van der Waals surface area contributed by atoms with Crippen molar-refractivity contribution >= 4 is 11.9 Å². The van der Waals surface area contributed by atoms with E-state index in [1.807, 2.05) is 31.2 Å². The highest BCUT2D eigenvalue weighted by atomic mass is 16.4. The van der Waals surface area contributed by atoms with Gasteiger partial charge in [-0.15, -0.1) is 0 Å². The van der Waals surface area contributed by atoms with Crippen molar-refractivity contribution in [2.75, 3.05) is 6.54 Å². The van der Waals surface area contributed by atoms with Gasteiger partial charge in [0, 0.05) is 12.5 Å². The number of aryl methyl sites for hydroxylation is 1. The Labute approximate surface area is 93.3 Å². The average Bonchev–Trinajstić information content (AvgIpc) is 2.61. The fourth-order valence-electron chi connectivity index (χ4n) is 2.20. The highest BCUT2D eigenvalue weighted by molar-refractivity contribution is 5.99. The first kappa shape index (κ1) is 10.7. The lowest BCUT2D eigenvalue weighted by atomic mass is 9.86. The molecule has 1 fully saturated rings. The number of aliphatic carboxylic acids is 1. The molecular formula is C12H13NO3. The molecule has 0 saturated carbocycles. The number of hydrogen-bond acceptors (Lipinski definition) is 2. The molecule has 0 spiro atoms. The summed E-state index contributed by atoms with van der Waals surface area (Å²) < 4.78 is 0. The number of carbonyl (C=O) groups excluding carboxylic acids is 1. The zero-order valence-corrected chi connectivity index (χ0v) is 8.93. The highest BCUT2D eigenvalue weighted by Crippen LogP contribution is 2.30. The third kappa shape index (κ3) is 1.66. The van der Waals surface area contributed by atoms with Gasteiger partial charge in [-0.1, -0.05) is 24.3 Å². The fraction of sp³-hybridized carbons (Fsp3) is 0.333. The first-order chi connectivity index (χ1) is 7.61. The van der Waals surface area contributed by atoms with Gasteiger partial charge < -0.3 is 10.4 Å². The van der Waals surface area contributed by atoms with Gasteiger partial charge in [-0.25, -0.2) is 0 Å². The number of amides is 1. The monoisotopic (exact) mass is 219 g/mol. The van der Waals surface area contributed by atoms with Gasteiger partial charge in [-0.3, -0.25) is 9.59 Å². The zero-order chi connectivity index (χ0) is 11.7. The lowest BCUT2D eigenvalue weighted by Crippen LogP contribution is -2.26. The van der Waals surface area contributed by atoms with Crippen LogP contribution < -0.4 is 5.32 Å². The summed E-state index contributed by atoms with van der Waals surface area (Å²) in [6.07, 6.45) is 0. The van der Waals surface area contributed by atoms with Crippen LogP contribution >= 0.6 is 0 Å². The lowest BCUT2D eigenvalue weighted by Gasteiger charge is -2.15. The molecule has 1 aliphatic rings. The largest absolute Gasteiger partial charge is 0.481 e. The summed E-state index contributed by atoms with van der Waals surface area (Å²) in [5.74, 6) is -2.66. The molecule has 0 unspecified atom stereocenters. The SMILES string of the molecule is Cc1ccccc1[C@@H]1CNC(=O)[C@H]1C(=O)O. The maximum Gasteiger partial charge on any atom is 0.316 e. The van der Waals surface area contributed by atoms with Crippen LogP contribution in [-0.2, 0) is 9.59 Å². The summed E-state index contributed by atoms with van der Waals surface area (Å²) in [6, 6.07) is 7.58. The number of carbonyl (C=O) groups is 2. The van der Waals surface area contributed by atoms with Gasteiger partial charge in [0.1, 0.15) is 5.92 Å². The van der Waals surface area contributed by atoms with Gasteiger partial charge in [0.05, 0.1) is 0 Å². The summed E-state index contributed by atoms with van der Waals surface area (Å²) >= 11 is 0. The number of rotatable bonds is 2. The van der Waals surface area contributed by atoms with Crippen molar-refractivity contribution in [2.45, 2.75) is 12.8 Å². The Morgan fingerprint density at radius 1 is 1.44 bits per heavy atom. The minimum absolute atomic E-state index is 0.258. The summed E-state index contributed by atoms with van der Waals surface area (Å²) in [5.41, 5.74) is 1.96. The molecule has 4 nitrogen and oxygen atoms in total. The normalized spacial score (nSPS) is 24.2. The molecular weight excluding hydrogens is 206 g/mol. The van der Waals surface area contributed by atoms with E-state index < -0.39 is 11.9 Å². The predicted molar refractivity (Wildman–Crippen MR) is 58.1 cm³/mol. The van der Waals surface area contributed by atoms with E-state index in [9.17, 15) is 9.59 Å². The molecule has 1 amide bonds. The molecule has 16 heavy (non-hydrogen) atoms. The van der Waals surface area contributed by atoms with Crippen LogP contribution in [0.4, 0.5) is 0 Å². The van der Waals surface area contributed by atoms with Gasteiger partial charge in [-0.05, 0) is 18.1 Å². The summed E-state index contributed by atoms with van der Waals surface area (Å²) in [6.45, 7) is 2.33. The van der Waals surface area contributed by atoms with Crippen molar-refractivity contribution < 1.29 is 14.7 Å². The Bertz CT molecular complexity index is 442. The molecule has 1 aliphatic heterocycles. The number of hydrogen-bond donors (Lipinski definition) is 2. The van der Waals surface area contributed by atoms with Crippen LogP contribution in [0.1, 0.15) is 17.0 Å². The second kappa shape index (κ2) is 3.96. The van der Waals surface area contributed by atoms with Crippen molar-refractivity contribution in [3.63, 3.8) is 0 Å². The summed E-state index contributed by atoms with van der Waals surface area (Å²) in [5, 5.41) is 11.7. The Morgan fingerprint density at radius 3 is 2.75 bits per heavy atom. The average molecular weight is 219 g/mol. The third-order valence-electron chi connectivity index (χ3n) is 3.04. The predicted octanol–water partition coefficient (Wildman–Crippen LogP) is 0.909. The summed E-state index contributed by atoms with van der Waals surface area (Å²) in [7, 11) is 0. The Morgan fingerprint density at radius 2 is 2.12 bits per heavy atom. The van der Waals surface area contributed by atoms with Crippen LogP contribution in [0, 0.1) is 12.8 Å². The number of carboxylic acids is 1. The minimum atomic E-state index is -1.05. The fourth-order valence-corrected chi connectivity index (χ4v) is 2.20. The van der Waals surface area contributed by atoms with Crippen LogP contribution in [0.15, 0.2) is 24.3 Å². The number of nitrogens with one attached hydrogen (secondary N) is 1. The molecule has 0 radical (unpaired) electrons. The van der Waals surface area contributed by atoms with Crippen LogP contribution in [0.2, 0.25) is 0 Å². The first-order valence-corrected chi connectivity index (χ1v) is 5.17. The molecule has 0 aromatic heterocycles. The van der Waals surface area contributed by atoms with Crippen molar-refractivity contribution in [1.82, 2.24) is 5.32 Å². The van der Waals surface area contributed by atoms with E-state index in [1.54, 1.807) is 0 Å². The maximum absolute atomic E-state index is 11.4. The minimum Gasteiger partial charge on any atom is -0.481 e. The highest BCUT2D eigenvalue weighted by Gasteiger charge is 2.41. The van der Waals surface area contributed by atoms with E-state index in [0.717, 1.165) is 11.1 Å². The second-order valence-electron chi connectivity index (χ2n) is 4.02. The van der Waals surface area contributed by atoms with Crippen LogP contribution in [0.5, 0.6) is 0 Å². The van der Waals surface area contributed by atoms with E-state index in [1.165, 1.54) is 0 Å². The second-order valence-corrected chi connectivity index (χ2v) is 4.02. The van der Waals surface area contributed by atoms with Gasteiger partial charge in [0.2, 0.25) is 5.91 Å². The molecule has 84 valence electrons. The van der Waals surface area contributed by atoms with Crippen molar-refractivity contribution in [1.29, 1.82) is 0 Å².